The van der Waals surface area contributed by atoms with Crippen molar-refractivity contribution in [3.8, 4) is 0 Å². The number of rotatable bonds is 5. The second kappa shape index (κ2) is 7.99. The fourth-order valence-corrected chi connectivity index (χ4v) is 5.72. The van der Waals surface area contributed by atoms with Crippen molar-refractivity contribution in [2.75, 3.05) is 5.75 Å². The number of thiophene rings is 1. The van der Waals surface area contributed by atoms with E-state index in [1.807, 2.05) is 0 Å². The molecule has 6 nitrogen and oxygen atoms in total. The van der Waals surface area contributed by atoms with Gasteiger partial charge in [0.15, 0.2) is 0 Å². The lowest BCUT2D eigenvalue weighted by molar-refractivity contribution is -0.129. The third-order valence-corrected chi connectivity index (χ3v) is 7.39. The third kappa shape index (κ3) is 4.17. The Kier molecular flexibility index (Phi) is 5.60. The van der Waals surface area contributed by atoms with Gasteiger partial charge in [0.25, 0.3) is 0 Å². The van der Waals surface area contributed by atoms with Crippen LogP contribution in [0.5, 0.6) is 0 Å². The van der Waals surface area contributed by atoms with Gasteiger partial charge in [0, 0.05) is 22.1 Å². The number of carbonyl (C=O) groups excluding carboxylic acids is 2. The first-order chi connectivity index (χ1) is 13.4. The monoisotopic (exact) mass is 418 g/mol. The van der Waals surface area contributed by atoms with Crippen LogP contribution in [0.4, 0.5) is 0 Å². The summed E-state index contributed by atoms with van der Waals surface area (Å²) in [6, 6.07) is 0. The molecular formula is C20H26N4O2S2. The molecule has 0 bridgehead atoms. The van der Waals surface area contributed by atoms with Gasteiger partial charge >= 0.3 is 0 Å². The van der Waals surface area contributed by atoms with E-state index in [-0.39, 0.29) is 23.5 Å². The van der Waals surface area contributed by atoms with Gasteiger partial charge in [-0.1, -0.05) is 32.5 Å². The number of amides is 2. The largest absolute Gasteiger partial charge is 0.273 e. The van der Waals surface area contributed by atoms with E-state index in [0.717, 1.165) is 46.8 Å². The highest BCUT2D eigenvalue weighted by Gasteiger charge is 2.30. The zero-order valence-corrected chi connectivity index (χ0v) is 18.1. The molecule has 2 N–H and O–H groups in total. The minimum atomic E-state index is -0.226. The van der Waals surface area contributed by atoms with Crippen LogP contribution < -0.4 is 10.9 Å². The molecule has 1 saturated carbocycles. The average Bonchev–Trinajstić information content (AvgIpc) is 3.44. The number of hydrazine groups is 1. The summed E-state index contributed by atoms with van der Waals surface area (Å²) in [5, 5.41) is 2.07. The average molecular weight is 419 g/mol. The van der Waals surface area contributed by atoms with Crippen LogP contribution in [-0.4, -0.2) is 27.5 Å². The van der Waals surface area contributed by atoms with E-state index in [2.05, 4.69) is 17.8 Å². The van der Waals surface area contributed by atoms with Gasteiger partial charge in [-0.25, -0.2) is 9.97 Å². The maximum atomic E-state index is 12.2. The summed E-state index contributed by atoms with van der Waals surface area (Å²) in [5.74, 6) is 1.74. The fraction of sp³-hybridized carbons (Fsp3) is 0.600. The van der Waals surface area contributed by atoms with Crippen molar-refractivity contribution in [2.45, 2.75) is 63.8 Å². The first-order valence-electron chi connectivity index (χ1n) is 9.96. The highest BCUT2D eigenvalue weighted by molar-refractivity contribution is 8.00. The molecule has 0 spiro atoms. The van der Waals surface area contributed by atoms with Crippen LogP contribution in [0.2, 0.25) is 0 Å². The summed E-state index contributed by atoms with van der Waals surface area (Å²) >= 11 is 3.25. The van der Waals surface area contributed by atoms with Crippen LogP contribution >= 0.6 is 23.1 Å². The third-order valence-electron chi connectivity index (χ3n) is 5.27. The molecular weight excluding hydrogens is 392 g/mol. The molecule has 2 aromatic rings. The quantitative estimate of drug-likeness (QED) is 0.440. The zero-order chi connectivity index (χ0) is 19.8. The lowest BCUT2D eigenvalue weighted by atomic mass is 9.89. The van der Waals surface area contributed by atoms with E-state index in [1.54, 1.807) is 25.2 Å². The summed E-state index contributed by atoms with van der Waals surface area (Å²) in [5.41, 5.74) is 6.34. The molecule has 2 amide bonds. The Balaban J connectivity index is 1.55. The van der Waals surface area contributed by atoms with Crippen molar-refractivity contribution in [2.24, 2.45) is 11.8 Å². The van der Waals surface area contributed by atoms with Gasteiger partial charge in [-0.3, -0.25) is 20.4 Å². The van der Waals surface area contributed by atoms with Crippen LogP contribution in [0.25, 0.3) is 10.2 Å². The van der Waals surface area contributed by atoms with Gasteiger partial charge in [0.05, 0.1) is 5.75 Å². The van der Waals surface area contributed by atoms with Crippen molar-refractivity contribution in [1.29, 1.82) is 0 Å². The molecule has 0 aliphatic heterocycles. The fourth-order valence-electron chi connectivity index (χ4n) is 3.40. The molecule has 150 valence electrons. The Morgan fingerprint density at radius 2 is 2.00 bits per heavy atom. The number of hydrogen-bond acceptors (Lipinski definition) is 6. The summed E-state index contributed by atoms with van der Waals surface area (Å²) in [6.07, 6.45) is 5.67. The molecule has 4 rings (SSSR count). The molecule has 1 unspecified atom stereocenters. The SMILES string of the molecule is CC1CCc2c(sc3nc(C4CC4)nc(SCC(=O)NNC(=O)C(C)C)c23)C1. The van der Waals surface area contributed by atoms with Crippen LogP contribution in [0.3, 0.4) is 0 Å². The normalized spacial score (nSPS) is 18.9. The van der Waals surface area contributed by atoms with Crippen molar-refractivity contribution in [1.82, 2.24) is 20.8 Å². The number of fused-ring (bicyclic) bond motifs is 3. The molecule has 0 aromatic carbocycles. The van der Waals surface area contributed by atoms with E-state index in [4.69, 9.17) is 9.97 Å². The van der Waals surface area contributed by atoms with Crippen molar-refractivity contribution in [3.05, 3.63) is 16.3 Å². The van der Waals surface area contributed by atoms with Gasteiger partial charge < -0.3 is 0 Å². The number of aromatic nitrogens is 2. The van der Waals surface area contributed by atoms with E-state index < -0.39 is 0 Å². The second-order valence-corrected chi connectivity index (χ2v) is 10.2. The number of nitrogens with zero attached hydrogens (tertiary/aromatic N) is 2. The van der Waals surface area contributed by atoms with Crippen LogP contribution in [0.15, 0.2) is 5.03 Å². The van der Waals surface area contributed by atoms with Crippen molar-refractivity contribution >= 4 is 45.1 Å². The number of nitrogens with one attached hydrogen (secondary N) is 2. The molecule has 2 aliphatic carbocycles. The molecule has 1 atom stereocenters. The smallest absolute Gasteiger partial charge is 0.248 e. The topological polar surface area (TPSA) is 84.0 Å². The van der Waals surface area contributed by atoms with Gasteiger partial charge in [-0.15, -0.1) is 11.3 Å². The maximum Gasteiger partial charge on any atom is 0.248 e. The molecule has 1 fully saturated rings. The summed E-state index contributed by atoms with van der Waals surface area (Å²) in [7, 11) is 0. The Hall–Kier alpha value is -1.67. The Labute approximate surface area is 173 Å². The lowest BCUT2D eigenvalue weighted by Gasteiger charge is -2.18. The molecule has 0 saturated heterocycles. The second-order valence-electron chi connectivity index (χ2n) is 8.17. The van der Waals surface area contributed by atoms with Crippen LogP contribution in [0, 0.1) is 11.8 Å². The van der Waals surface area contributed by atoms with Gasteiger partial charge in [0.1, 0.15) is 15.7 Å². The molecule has 2 aliphatic rings. The van der Waals surface area contributed by atoms with Gasteiger partial charge in [0.2, 0.25) is 11.8 Å². The zero-order valence-electron chi connectivity index (χ0n) is 16.5. The number of hydrogen-bond donors (Lipinski definition) is 2. The van der Waals surface area contributed by atoms with Crippen molar-refractivity contribution in [3.63, 3.8) is 0 Å². The number of thioether (sulfide) groups is 1. The van der Waals surface area contributed by atoms with E-state index in [9.17, 15) is 9.59 Å². The van der Waals surface area contributed by atoms with Gasteiger partial charge in [-0.2, -0.15) is 0 Å². The highest BCUT2D eigenvalue weighted by Crippen LogP contribution is 2.44. The predicted octanol–water partition coefficient (Wildman–Crippen LogP) is 3.59. The molecule has 2 heterocycles. The van der Waals surface area contributed by atoms with Crippen molar-refractivity contribution < 1.29 is 9.59 Å². The van der Waals surface area contributed by atoms with Crippen LogP contribution in [-0.2, 0) is 22.4 Å². The minimum Gasteiger partial charge on any atom is -0.273 e. The molecule has 0 radical (unpaired) electrons. The first-order valence-corrected chi connectivity index (χ1v) is 11.8. The minimum absolute atomic E-state index is 0.171. The van der Waals surface area contributed by atoms with Gasteiger partial charge in [-0.05, 0) is 43.6 Å². The van der Waals surface area contributed by atoms with Crippen LogP contribution in [0.1, 0.15) is 62.2 Å². The molecule has 8 heteroatoms. The standard InChI is InChI=1S/C20H26N4O2S2/c1-10(2)18(26)24-23-15(25)9-27-19-16-13-7-4-11(3)8-14(13)28-20(16)22-17(21-19)12-5-6-12/h10-12H,4-9H2,1-3H3,(H,23,25)(H,24,26). The number of aryl methyl sites for hydroxylation is 1. The van der Waals surface area contributed by atoms with E-state index in [0.29, 0.717) is 11.8 Å². The predicted molar refractivity (Wildman–Crippen MR) is 112 cm³/mol. The number of carbonyl (C=O) groups is 2. The molecule has 28 heavy (non-hydrogen) atoms. The maximum absolute atomic E-state index is 12.2. The highest BCUT2D eigenvalue weighted by atomic mass is 32.2. The lowest BCUT2D eigenvalue weighted by Crippen LogP contribution is -2.44. The Morgan fingerprint density at radius 3 is 2.71 bits per heavy atom. The Morgan fingerprint density at radius 1 is 1.21 bits per heavy atom. The first kappa shape index (κ1) is 19.6. The summed E-state index contributed by atoms with van der Waals surface area (Å²) < 4.78 is 0. The Bertz CT molecular complexity index is 921. The summed E-state index contributed by atoms with van der Waals surface area (Å²) in [4.78, 5) is 36.0. The summed E-state index contributed by atoms with van der Waals surface area (Å²) in [6.45, 7) is 5.88. The molecule has 2 aromatic heterocycles. The van der Waals surface area contributed by atoms with E-state index >= 15 is 0 Å². The van der Waals surface area contributed by atoms with E-state index in [1.165, 1.54) is 28.6 Å².